The van der Waals surface area contributed by atoms with Crippen molar-refractivity contribution < 1.29 is 9.53 Å². The summed E-state index contributed by atoms with van der Waals surface area (Å²) in [6.07, 6.45) is 3.72. The molecule has 3 heterocycles. The van der Waals surface area contributed by atoms with Crippen molar-refractivity contribution in [3.05, 3.63) is 64.1 Å². The number of rotatable bonds is 7. The summed E-state index contributed by atoms with van der Waals surface area (Å²) < 4.78 is 8.70. The highest BCUT2D eigenvalue weighted by atomic mass is 16.5. The molecule has 1 N–H and O–H groups in total. The van der Waals surface area contributed by atoms with Crippen molar-refractivity contribution in [1.82, 2.24) is 24.5 Å². The van der Waals surface area contributed by atoms with E-state index in [0.29, 0.717) is 35.9 Å². The van der Waals surface area contributed by atoms with E-state index in [4.69, 9.17) is 4.74 Å². The lowest BCUT2D eigenvalue weighted by atomic mass is 10.1. The number of fused-ring (bicyclic) bond motifs is 1. The molecule has 1 aliphatic rings. The largest absolute Gasteiger partial charge is 0.376 e. The number of carbonyl (C=O) groups is 1. The molecule has 0 spiro atoms. The molecule has 1 fully saturated rings. The van der Waals surface area contributed by atoms with Gasteiger partial charge in [0.05, 0.1) is 12.5 Å². The second-order valence-electron chi connectivity index (χ2n) is 7.90. The maximum absolute atomic E-state index is 13.2. The van der Waals surface area contributed by atoms with Crippen LogP contribution in [0.4, 0.5) is 0 Å². The van der Waals surface area contributed by atoms with E-state index >= 15 is 0 Å². The standard InChI is InChI=1S/C23H27N5O3/c1-4-11-27-16(3)19(13-20(29)24-14-18-6-5-12-31-18)22(30)28-23(27)25-21(26-28)17-9-7-15(2)8-10-17/h4,7-10,18H,1,5-6,11-14H2,2-3H3,(H,24,29)/t18-/m1/s1. The molecular formula is C23H27N5O3. The summed E-state index contributed by atoms with van der Waals surface area (Å²) >= 11 is 0. The van der Waals surface area contributed by atoms with Gasteiger partial charge in [-0.2, -0.15) is 9.50 Å². The molecule has 1 saturated heterocycles. The molecule has 31 heavy (non-hydrogen) atoms. The Labute approximate surface area is 180 Å². The minimum atomic E-state index is -0.328. The van der Waals surface area contributed by atoms with Crippen LogP contribution in [0.2, 0.25) is 0 Å². The summed E-state index contributed by atoms with van der Waals surface area (Å²) in [6, 6.07) is 7.81. The minimum Gasteiger partial charge on any atom is -0.376 e. The molecule has 3 aromatic rings. The first kappa shape index (κ1) is 21.0. The van der Waals surface area contributed by atoms with E-state index in [1.54, 1.807) is 6.08 Å². The van der Waals surface area contributed by atoms with E-state index in [0.717, 1.165) is 30.6 Å². The third-order valence-electron chi connectivity index (χ3n) is 5.63. The van der Waals surface area contributed by atoms with Crippen LogP contribution in [-0.2, 0) is 22.5 Å². The molecule has 1 aromatic carbocycles. The molecule has 162 valence electrons. The van der Waals surface area contributed by atoms with Gasteiger partial charge in [-0.25, -0.2) is 0 Å². The molecule has 0 radical (unpaired) electrons. The monoisotopic (exact) mass is 421 g/mol. The van der Waals surface area contributed by atoms with Crippen LogP contribution >= 0.6 is 0 Å². The molecule has 0 bridgehead atoms. The van der Waals surface area contributed by atoms with Gasteiger partial charge in [0.1, 0.15) is 0 Å². The van der Waals surface area contributed by atoms with Crippen molar-refractivity contribution >= 4 is 11.7 Å². The first-order valence-corrected chi connectivity index (χ1v) is 10.5. The summed E-state index contributed by atoms with van der Waals surface area (Å²) in [5.74, 6) is 0.690. The number of aryl methyl sites for hydroxylation is 1. The predicted molar refractivity (Wildman–Crippen MR) is 118 cm³/mol. The summed E-state index contributed by atoms with van der Waals surface area (Å²) in [5.41, 5.74) is 2.72. The Morgan fingerprint density at radius 3 is 2.77 bits per heavy atom. The van der Waals surface area contributed by atoms with E-state index in [9.17, 15) is 9.59 Å². The highest BCUT2D eigenvalue weighted by Gasteiger charge is 2.21. The van der Waals surface area contributed by atoms with Crippen LogP contribution in [0.25, 0.3) is 17.2 Å². The molecule has 8 heteroatoms. The number of amides is 1. The normalized spacial score (nSPS) is 16.0. The summed E-state index contributed by atoms with van der Waals surface area (Å²) in [7, 11) is 0. The molecule has 2 aromatic heterocycles. The lowest BCUT2D eigenvalue weighted by Crippen LogP contribution is -2.35. The van der Waals surface area contributed by atoms with Crippen LogP contribution in [0.1, 0.15) is 29.7 Å². The van der Waals surface area contributed by atoms with Crippen LogP contribution in [0.15, 0.2) is 41.7 Å². The Morgan fingerprint density at radius 2 is 2.10 bits per heavy atom. The molecule has 1 aliphatic heterocycles. The van der Waals surface area contributed by atoms with Crippen molar-refractivity contribution in [3.8, 4) is 11.4 Å². The smallest absolute Gasteiger partial charge is 0.279 e. The Balaban J connectivity index is 1.69. The Kier molecular flexibility index (Phi) is 5.99. The Morgan fingerprint density at radius 1 is 1.32 bits per heavy atom. The number of allylic oxidation sites excluding steroid dienone is 1. The van der Waals surface area contributed by atoms with Crippen molar-refractivity contribution in [2.45, 2.75) is 45.8 Å². The van der Waals surface area contributed by atoms with Gasteiger partial charge in [0.15, 0.2) is 5.82 Å². The molecular weight excluding hydrogens is 394 g/mol. The zero-order chi connectivity index (χ0) is 22.0. The average Bonchev–Trinajstić information content (AvgIpc) is 3.43. The Bertz CT molecular complexity index is 1170. The van der Waals surface area contributed by atoms with Crippen LogP contribution < -0.4 is 10.9 Å². The highest BCUT2D eigenvalue weighted by Crippen LogP contribution is 2.18. The van der Waals surface area contributed by atoms with Gasteiger partial charge in [-0.1, -0.05) is 35.9 Å². The fraction of sp³-hybridized carbons (Fsp3) is 0.391. The molecule has 0 saturated carbocycles. The fourth-order valence-electron chi connectivity index (χ4n) is 3.84. The summed E-state index contributed by atoms with van der Waals surface area (Å²) in [4.78, 5) is 30.4. The minimum absolute atomic E-state index is 0.0236. The number of hydrogen-bond donors (Lipinski definition) is 1. The van der Waals surface area contributed by atoms with E-state index in [2.05, 4.69) is 22.0 Å². The molecule has 0 unspecified atom stereocenters. The van der Waals surface area contributed by atoms with Gasteiger partial charge in [-0.3, -0.25) is 9.59 Å². The zero-order valence-electron chi connectivity index (χ0n) is 17.9. The molecule has 0 aliphatic carbocycles. The number of nitrogens with one attached hydrogen (secondary N) is 1. The van der Waals surface area contributed by atoms with E-state index in [1.165, 1.54) is 4.52 Å². The summed E-state index contributed by atoms with van der Waals surface area (Å²) in [6.45, 7) is 9.30. The SMILES string of the molecule is C=CCn1c(C)c(CC(=O)NC[C@H]2CCCO2)c(=O)n2nc(-c3ccc(C)cc3)nc12. The van der Waals surface area contributed by atoms with Crippen LogP contribution in [0.3, 0.4) is 0 Å². The lowest BCUT2D eigenvalue weighted by molar-refractivity contribution is -0.121. The topological polar surface area (TPSA) is 90.5 Å². The van der Waals surface area contributed by atoms with Crippen molar-refractivity contribution in [1.29, 1.82) is 0 Å². The number of carbonyl (C=O) groups excluding carboxylic acids is 1. The molecule has 4 rings (SSSR count). The average molecular weight is 422 g/mol. The molecule has 1 amide bonds. The first-order valence-electron chi connectivity index (χ1n) is 10.5. The maximum atomic E-state index is 13.2. The van der Waals surface area contributed by atoms with E-state index in [1.807, 2.05) is 42.7 Å². The second-order valence-corrected chi connectivity index (χ2v) is 7.90. The first-order chi connectivity index (χ1) is 15.0. The second kappa shape index (κ2) is 8.85. The van der Waals surface area contributed by atoms with Crippen molar-refractivity contribution in [2.75, 3.05) is 13.2 Å². The van der Waals surface area contributed by atoms with Gasteiger partial charge in [0.2, 0.25) is 11.7 Å². The number of nitrogens with zero attached hydrogens (tertiary/aromatic N) is 4. The third-order valence-corrected chi connectivity index (χ3v) is 5.63. The lowest BCUT2D eigenvalue weighted by Gasteiger charge is -2.15. The predicted octanol–water partition coefficient (Wildman–Crippen LogP) is 2.20. The number of aromatic nitrogens is 4. The molecule has 8 nitrogen and oxygen atoms in total. The summed E-state index contributed by atoms with van der Waals surface area (Å²) in [5, 5.41) is 7.35. The van der Waals surface area contributed by atoms with Crippen LogP contribution in [0.5, 0.6) is 0 Å². The molecule has 1 atom stereocenters. The van der Waals surface area contributed by atoms with Gasteiger partial charge in [0, 0.05) is 36.5 Å². The van der Waals surface area contributed by atoms with Crippen molar-refractivity contribution in [3.63, 3.8) is 0 Å². The van der Waals surface area contributed by atoms with Gasteiger partial charge in [0.25, 0.3) is 5.56 Å². The van der Waals surface area contributed by atoms with Gasteiger partial charge >= 0.3 is 0 Å². The number of ether oxygens (including phenoxy) is 1. The quantitative estimate of drug-likeness (QED) is 0.591. The fourth-order valence-corrected chi connectivity index (χ4v) is 3.84. The van der Waals surface area contributed by atoms with Gasteiger partial charge < -0.3 is 14.6 Å². The number of benzene rings is 1. The van der Waals surface area contributed by atoms with Crippen molar-refractivity contribution in [2.24, 2.45) is 0 Å². The maximum Gasteiger partial charge on any atom is 0.279 e. The van der Waals surface area contributed by atoms with E-state index < -0.39 is 0 Å². The highest BCUT2D eigenvalue weighted by molar-refractivity contribution is 5.78. The zero-order valence-corrected chi connectivity index (χ0v) is 17.9. The van der Waals surface area contributed by atoms with Crippen LogP contribution in [-0.4, -0.2) is 44.3 Å². The van der Waals surface area contributed by atoms with E-state index in [-0.39, 0.29) is 24.0 Å². The van der Waals surface area contributed by atoms with Gasteiger partial charge in [-0.05, 0) is 26.7 Å². The van der Waals surface area contributed by atoms with Gasteiger partial charge in [-0.15, -0.1) is 11.7 Å². The third kappa shape index (κ3) is 4.29. The van der Waals surface area contributed by atoms with Crippen LogP contribution in [0, 0.1) is 13.8 Å². The number of hydrogen-bond acceptors (Lipinski definition) is 5. The Hall–Kier alpha value is -3.26.